The van der Waals surface area contributed by atoms with Gasteiger partial charge in [-0.25, -0.2) is 4.57 Å². The number of nitrogens with two attached hydrogens (primary N) is 1. The van der Waals surface area contributed by atoms with Gasteiger partial charge >= 0.3 is 19.8 Å². The lowest BCUT2D eigenvalue weighted by atomic mass is 10.1. The first kappa shape index (κ1) is 54.2. The van der Waals surface area contributed by atoms with Crippen LogP contribution in [0.4, 0.5) is 0 Å². The number of carbonyl (C=O) groups excluding carboxylic acids is 1. The number of esters is 1. The number of carboxylic acid groups (broad SMARTS) is 1. The maximum Gasteiger partial charge on any atom is 0.472 e. The number of phosphoric acid groups is 1. The van der Waals surface area contributed by atoms with E-state index in [0.717, 1.165) is 89.9 Å². The van der Waals surface area contributed by atoms with Crippen LogP contribution in [0.1, 0.15) is 155 Å². The van der Waals surface area contributed by atoms with Crippen LogP contribution in [0.25, 0.3) is 0 Å². The van der Waals surface area contributed by atoms with Crippen molar-refractivity contribution in [3.63, 3.8) is 0 Å². The highest BCUT2D eigenvalue weighted by atomic mass is 31.2. The first-order valence-electron chi connectivity index (χ1n) is 21.6. The highest BCUT2D eigenvalue weighted by molar-refractivity contribution is 7.47. The Morgan fingerprint density at radius 2 is 1.02 bits per heavy atom. The van der Waals surface area contributed by atoms with Crippen molar-refractivity contribution in [2.24, 2.45) is 5.73 Å². The van der Waals surface area contributed by atoms with Crippen LogP contribution in [0, 0.1) is 0 Å². The van der Waals surface area contributed by atoms with Crippen LogP contribution in [-0.2, 0) is 32.7 Å². The summed E-state index contributed by atoms with van der Waals surface area (Å²) in [5, 5.41) is 8.89. The van der Waals surface area contributed by atoms with Crippen molar-refractivity contribution >= 4 is 19.8 Å². The fraction of sp³-hybridized carbons (Fsp3) is 0.652. The Morgan fingerprint density at radius 3 is 1.54 bits per heavy atom. The van der Waals surface area contributed by atoms with Gasteiger partial charge in [-0.05, 0) is 83.5 Å². The zero-order valence-corrected chi connectivity index (χ0v) is 36.3. The molecule has 0 aromatic heterocycles. The Labute approximate surface area is 346 Å². The Kier molecular flexibility index (Phi) is 39.2. The third kappa shape index (κ3) is 41.1. The summed E-state index contributed by atoms with van der Waals surface area (Å²) < 4.78 is 33.2. The highest BCUT2D eigenvalue weighted by Gasteiger charge is 2.27. The van der Waals surface area contributed by atoms with E-state index in [-0.39, 0.29) is 13.0 Å². The standard InChI is InChI=1S/C46H78NO9P/c1-3-5-7-9-11-13-15-17-19-20-21-22-23-25-27-29-31-33-35-37-39-53-40-43(41-54-57(51,52)55-42-44(47)46(49)50)56-45(48)38-36-34-32-30-28-26-24-18-16-14-12-10-8-6-4-2/h5,7,11,13,17-19,21-22,24-25,27,31,33,43-44H,3-4,6,8-10,12,14-16,20,23,26,28-30,32,34-42,47H2,1-2H3,(H,49,50)(H,51,52)/b7-5-,13-11-,19-17-,22-21-,24-18-,27-25-,33-31-. The number of hydrogen-bond acceptors (Lipinski definition) is 8. The van der Waals surface area contributed by atoms with Crippen molar-refractivity contribution in [3.8, 4) is 0 Å². The first-order valence-corrected chi connectivity index (χ1v) is 23.1. The van der Waals surface area contributed by atoms with Crippen molar-refractivity contribution in [2.75, 3.05) is 26.4 Å². The van der Waals surface area contributed by atoms with E-state index >= 15 is 0 Å². The molecule has 0 aromatic rings. The first-order chi connectivity index (χ1) is 27.7. The fourth-order valence-electron chi connectivity index (χ4n) is 5.32. The SMILES string of the molecule is CC/C=C\C/C=C\C/C=C\C/C=C\C/C=C\C/C=C\CCCOCC(COP(=O)(O)OCC(N)C(=O)O)OC(=O)CCCCCCC/C=C\CCCCCCCC. The minimum atomic E-state index is -4.64. The van der Waals surface area contributed by atoms with Gasteiger partial charge in [-0.1, -0.05) is 150 Å². The van der Waals surface area contributed by atoms with Crippen LogP contribution in [0.3, 0.4) is 0 Å². The maximum atomic E-state index is 12.6. The van der Waals surface area contributed by atoms with Gasteiger partial charge < -0.3 is 25.2 Å². The molecule has 0 spiro atoms. The molecule has 0 aromatic carbocycles. The van der Waals surface area contributed by atoms with Gasteiger partial charge in [0.2, 0.25) is 0 Å². The Morgan fingerprint density at radius 1 is 0.579 bits per heavy atom. The van der Waals surface area contributed by atoms with Gasteiger partial charge in [-0.15, -0.1) is 0 Å². The van der Waals surface area contributed by atoms with Gasteiger partial charge in [0.05, 0.1) is 19.8 Å². The lowest BCUT2D eigenvalue weighted by Crippen LogP contribution is -2.34. The molecule has 3 atom stereocenters. The quantitative estimate of drug-likeness (QED) is 0.0235. The van der Waals surface area contributed by atoms with Crippen LogP contribution in [0.5, 0.6) is 0 Å². The molecule has 57 heavy (non-hydrogen) atoms. The number of allylic oxidation sites excluding steroid dienone is 14. The molecule has 0 aliphatic heterocycles. The number of carboxylic acids is 1. The van der Waals surface area contributed by atoms with Crippen molar-refractivity contribution in [1.29, 1.82) is 0 Å². The minimum Gasteiger partial charge on any atom is -0.480 e. The van der Waals surface area contributed by atoms with Gasteiger partial charge in [0.25, 0.3) is 0 Å². The second-order valence-electron chi connectivity index (χ2n) is 14.1. The zero-order valence-electron chi connectivity index (χ0n) is 35.4. The van der Waals surface area contributed by atoms with Gasteiger partial charge in [-0.3, -0.25) is 18.6 Å². The number of hydrogen-bond donors (Lipinski definition) is 3. The summed E-state index contributed by atoms with van der Waals surface area (Å²) in [6.07, 6.45) is 52.2. The lowest BCUT2D eigenvalue weighted by Gasteiger charge is -2.20. The van der Waals surface area contributed by atoms with E-state index in [4.69, 9.17) is 29.4 Å². The van der Waals surface area contributed by atoms with E-state index < -0.39 is 45.1 Å². The van der Waals surface area contributed by atoms with Crippen LogP contribution < -0.4 is 5.73 Å². The summed E-state index contributed by atoms with van der Waals surface area (Å²) in [7, 11) is -4.64. The van der Waals surface area contributed by atoms with Crippen LogP contribution in [0.2, 0.25) is 0 Å². The van der Waals surface area contributed by atoms with Crippen molar-refractivity contribution in [2.45, 2.75) is 167 Å². The lowest BCUT2D eigenvalue weighted by molar-refractivity contribution is -0.154. The maximum absolute atomic E-state index is 12.6. The molecule has 0 saturated heterocycles. The van der Waals surface area contributed by atoms with Crippen molar-refractivity contribution < 1.29 is 42.7 Å². The largest absolute Gasteiger partial charge is 0.480 e. The monoisotopic (exact) mass is 820 g/mol. The third-order valence-electron chi connectivity index (χ3n) is 8.66. The molecule has 326 valence electrons. The fourth-order valence-corrected chi connectivity index (χ4v) is 6.10. The van der Waals surface area contributed by atoms with E-state index in [2.05, 4.69) is 98.9 Å². The van der Waals surface area contributed by atoms with Gasteiger partial charge in [0, 0.05) is 13.0 Å². The molecule has 4 N–H and O–H groups in total. The van der Waals surface area contributed by atoms with Gasteiger partial charge in [0.1, 0.15) is 12.1 Å². The van der Waals surface area contributed by atoms with Crippen molar-refractivity contribution in [3.05, 3.63) is 85.1 Å². The van der Waals surface area contributed by atoms with E-state index in [1.165, 1.54) is 38.5 Å². The van der Waals surface area contributed by atoms with Gasteiger partial charge in [0.15, 0.2) is 0 Å². The van der Waals surface area contributed by atoms with Crippen LogP contribution >= 0.6 is 7.82 Å². The number of phosphoric ester groups is 1. The van der Waals surface area contributed by atoms with Gasteiger partial charge in [-0.2, -0.15) is 0 Å². The van der Waals surface area contributed by atoms with E-state index in [0.29, 0.717) is 13.0 Å². The summed E-state index contributed by atoms with van der Waals surface area (Å²) in [5.74, 6) is -1.82. The van der Waals surface area contributed by atoms with Crippen LogP contribution in [0.15, 0.2) is 85.1 Å². The number of unbranched alkanes of at least 4 members (excludes halogenated alkanes) is 12. The molecule has 0 saturated carbocycles. The number of carbonyl (C=O) groups is 2. The topological polar surface area (TPSA) is 155 Å². The molecular weight excluding hydrogens is 741 g/mol. The summed E-state index contributed by atoms with van der Waals surface area (Å²) in [4.78, 5) is 33.5. The number of aliphatic carboxylic acids is 1. The normalized spacial score (nSPS) is 14.7. The molecule has 0 amide bonds. The van der Waals surface area contributed by atoms with Crippen molar-refractivity contribution in [1.82, 2.24) is 0 Å². The predicted molar refractivity (Wildman–Crippen MR) is 235 cm³/mol. The Balaban J connectivity index is 4.39. The molecule has 0 bridgehead atoms. The second kappa shape index (κ2) is 41.3. The summed E-state index contributed by atoms with van der Waals surface area (Å²) in [5.41, 5.74) is 5.35. The average Bonchev–Trinajstić information content (AvgIpc) is 3.19. The third-order valence-corrected chi connectivity index (χ3v) is 9.61. The molecule has 11 heteroatoms. The molecule has 0 heterocycles. The molecule has 0 aliphatic rings. The molecule has 0 rings (SSSR count). The Hall–Kier alpha value is -2.85. The zero-order chi connectivity index (χ0) is 41.9. The molecule has 0 aliphatic carbocycles. The van der Waals surface area contributed by atoms with E-state index in [1.807, 2.05) is 0 Å². The molecular formula is C46H78NO9P. The predicted octanol–water partition coefficient (Wildman–Crippen LogP) is 12.0. The molecule has 3 unspecified atom stereocenters. The molecule has 0 radical (unpaired) electrons. The molecule has 10 nitrogen and oxygen atoms in total. The minimum absolute atomic E-state index is 0.0312. The summed E-state index contributed by atoms with van der Waals surface area (Å²) in [6, 6.07) is -1.49. The average molecular weight is 820 g/mol. The second-order valence-corrected chi connectivity index (χ2v) is 15.5. The summed E-state index contributed by atoms with van der Waals surface area (Å²) in [6.45, 7) is 3.58. The highest BCUT2D eigenvalue weighted by Crippen LogP contribution is 2.43. The number of ether oxygens (including phenoxy) is 2. The number of rotatable bonds is 40. The molecule has 0 fully saturated rings. The smallest absolute Gasteiger partial charge is 0.472 e. The van der Waals surface area contributed by atoms with E-state index in [9.17, 15) is 19.0 Å². The van der Waals surface area contributed by atoms with E-state index in [1.54, 1.807) is 0 Å². The summed E-state index contributed by atoms with van der Waals surface area (Å²) >= 11 is 0. The Bertz CT molecular complexity index is 1220. The van der Waals surface area contributed by atoms with Crippen LogP contribution in [-0.4, -0.2) is 60.5 Å².